The Morgan fingerprint density at radius 1 is 1.39 bits per heavy atom. The van der Waals surface area contributed by atoms with E-state index in [4.69, 9.17) is 0 Å². The molecule has 6 heteroatoms. The molecule has 3 heterocycles. The predicted molar refractivity (Wildman–Crippen MR) is 89.3 cm³/mol. The van der Waals surface area contributed by atoms with Gasteiger partial charge in [0.25, 0.3) is 5.91 Å². The van der Waals surface area contributed by atoms with Crippen LogP contribution in [0.4, 0.5) is 0 Å². The van der Waals surface area contributed by atoms with Gasteiger partial charge in [-0.25, -0.2) is 0 Å². The van der Waals surface area contributed by atoms with Gasteiger partial charge in [-0.2, -0.15) is 5.10 Å². The van der Waals surface area contributed by atoms with Crippen molar-refractivity contribution in [2.24, 2.45) is 7.05 Å². The van der Waals surface area contributed by atoms with E-state index in [2.05, 4.69) is 21.0 Å². The number of piperidine rings is 1. The van der Waals surface area contributed by atoms with Gasteiger partial charge in [0.1, 0.15) is 5.69 Å². The van der Waals surface area contributed by atoms with Crippen LogP contribution in [-0.2, 0) is 13.6 Å². The van der Waals surface area contributed by atoms with E-state index in [0.29, 0.717) is 11.6 Å². The lowest BCUT2D eigenvalue weighted by molar-refractivity contribution is 0.0822. The van der Waals surface area contributed by atoms with Crippen LogP contribution in [0.2, 0.25) is 0 Å². The van der Waals surface area contributed by atoms with Crippen LogP contribution in [0.15, 0.2) is 24.4 Å². The molecule has 6 nitrogen and oxygen atoms in total. The minimum absolute atomic E-state index is 0.0163. The largest absolute Gasteiger partial charge is 0.353 e. The van der Waals surface area contributed by atoms with Crippen molar-refractivity contribution in [3.8, 4) is 0 Å². The molecule has 0 radical (unpaired) electrons. The van der Waals surface area contributed by atoms with Crippen LogP contribution in [0.25, 0.3) is 0 Å². The second-order valence-corrected chi connectivity index (χ2v) is 6.55. The minimum Gasteiger partial charge on any atom is -0.353 e. The standard InChI is InChI=1S/C17H25N5O/c1-20(2)17(23)15-7-6-14(19-15)12-22-10-4-5-13(11-22)16-8-9-18-21(16)3/h6-9,13,19H,4-5,10-12H2,1-3H3. The molecule has 1 amide bonds. The summed E-state index contributed by atoms with van der Waals surface area (Å²) >= 11 is 0. The third kappa shape index (κ3) is 3.47. The minimum atomic E-state index is 0.0163. The van der Waals surface area contributed by atoms with E-state index in [1.165, 1.54) is 18.5 Å². The zero-order chi connectivity index (χ0) is 16.4. The highest BCUT2D eigenvalue weighted by Gasteiger charge is 2.23. The first-order valence-corrected chi connectivity index (χ1v) is 8.14. The highest BCUT2D eigenvalue weighted by molar-refractivity contribution is 5.92. The summed E-state index contributed by atoms with van der Waals surface area (Å²) in [5, 5.41) is 4.29. The Balaban J connectivity index is 1.64. The molecule has 2 aromatic heterocycles. The van der Waals surface area contributed by atoms with Crippen molar-refractivity contribution in [3.63, 3.8) is 0 Å². The first-order valence-electron chi connectivity index (χ1n) is 8.14. The molecule has 0 aromatic carbocycles. The average Bonchev–Trinajstić information content (AvgIpc) is 3.15. The van der Waals surface area contributed by atoms with E-state index in [1.807, 2.05) is 30.1 Å². The van der Waals surface area contributed by atoms with Crippen LogP contribution < -0.4 is 0 Å². The van der Waals surface area contributed by atoms with Gasteiger partial charge in [-0.1, -0.05) is 0 Å². The van der Waals surface area contributed by atoms with Gasteiger partial charge in [-0.05, 0) is 37.6 Å². The summed E-state index contributed by atoms with van der Waals surface area (Å²) in [5.41, 5.74) is 3.07. The summed E-state index contributed by atoms with van der Waals surface area (Å²) in [7, 11) is 5.55. The smallest absolute Gasteiger partial charge is 0.269 e. The molecule has 23 heavy (non-hydrogen) atoms. The van der Waals surface area contributed by atoms with Gasteiger partial charge in [0.15, 0.2) is 0 Å². The van der Waals surface area contributed by atoms with E-state index in [1.54, 1.807) is 19.0 Å². The van der Waals surface area contributed by atoms with Crippen LogP contribution in [-0.4, -0.2) is 57.7 Å². The normalized spacial score (nSPS) is 19.0. The van der Waals surface area contributed by atoms with E-state index >= 15 is 0 Å². The Hall–Kier alpha value is -2.08. The van der Waals surface area contributed by atoms with Gasteiger partial charge in [-0.3, -0.25) is 14.4 Å². The van der Waals surface area contributed by atoms with E-state index in [-0.39, 0.29) is 5.91 Å². The van der Waals surface area contributed by atoms with Gasteiger partial charge < -0.3 is 9.88 Å². The van der Waals surface area contributed by atoms with Crippen LogP contribution in [0.5, 0.6) is 0 Å². The lowest BCUT2D eigenvalue weighted by atomic mass is 9.94. The lowest BCUT2D eigenvalue weighted by Gasteiger charge is -2.32. The van der Waals surface area contributed by atoms with Gasteiger partial charge in [0, 0.05) is 57.7 Å². The molecule has 0 spiro atoms. The average molecular weight is 315 g/mol. The number of nitrogens with one attached hydrogen (secondary N) is 1. The molecule has 2 aromatic rings. The predicted octanol–water partition coefficient (Wildman–Crippen LogP) is 1.83. The molecule has 1 aliphatic rings. The molecule has 1 unspecified atom stereocenters. The molecule has 1 aliphatic heterocycles. The summed E-state index contributed by atoms with van der Waals surface area (Å²) in [6.07, 6.45) is 4.28. The van der Waals surface area contributed by atoms with Crippen LogP contribution in [0.3, 0.4) is 0 Å². The molecule has 3 rings (SSSR count). The number of carbonyl (C=O) groups excluding carboxylic acids is 1. The lowest BCUT2D eigenvalue weighted by Crippen LogP contribution is -2.34. The summed E-state index contributed by atoms with van der Waals surface area (Å²) < 4.78 is 1.98. The second kappa shape index (κ2) is 6.58. The zero-order valence-electron chi connectivity index (χ0n) is 14.1. The number of aromatic amines is 1. The Bertz CT molecular complexity index is 672. The van der Waals surface area contributed by atoms with E-state index in [0.717, 1.165) is 25.3 Å². The maximum atomic E-state index is 12.0. The maximum absolute atomic E-state index is 12.0. The summed E-state index contributed by atoms with van der Waals surface area (Å²) in [4.78, 5) is 19.3. The molecular weight excluding hydrogens is 290 g/mol. The molecule has 0 aliphatic carbocycles. The van der Waals surface area contributed by atoms with Crippen molar-refractivity contribution >= 4 is 5.91 Å². The zero-order valence-corrected chi connectivity index (χ0v) is 14.1. The fourth-order valence-corrected chi connectivity index (χ4v) is 3.36. The van der Waals surface area contributed by atoms with Crippen molar-refractivity contribution in [1.82, 2.24) is 24.6 Å². The highest BCUT2D eigenvalue weighted by Crippen LogP contribution is 2.27. The number of carbonyl (C=O) groups is 1. The number of nitrogens with zero attached hydrogens (tertiary/aromatic N) is 4. The number of likely N-dealkylation sites (tertiary alicyclic amines) is 1. The van der Waals surface area contributed by atoms with Crippen molar-refractivity contribution in [1.29, 1.82) is 0 Å². The molecule has 1 atom stereocenters. The van der Waals surface area contributed by atoms with Crippen LogP contribution in [0, 0.1) is 0 Å². The number of rotatable bonds is 4. The quantitative estimate of drug-likeness (QED) is 0.936. The number of aromatic nitrogens is 3. The molecule has 1 N–H and O–H groups in total. The van der Waals surface area contributed by atoms with Gasteiger partial charge in [0.2, 0.25) is 0 Å². The Morgan fingerprint density at radius 3 is 2.91 bits per heavy atom. The molecule has 0 bridgehead atoms. The van der Waals surface area contributed by atoms with E-state index in [9.17, 15) is 4.79 Å². The Labute approximate surface area is 137 Å². The monoisotopic (exact) mass is 315 g/mol. The van der Waals surface area contributed by atoms with Crippen molar-refractivity contribution < 1.29 is 4.79 Å². The summed E-state index contributed by atoms with van der Waals surface area (Å²) in [6, 6.07) is 6.02. The second-order valence-electron chi connectivity index (χ2n) is 6.55. The fraction of sp³-hybridized carbons (Fsp3) is 0.529. The number of H-pyrrole nitrogens is 1. The van der Waals surface area contributed by atoms with Crippen molar-refractivity contribution in [2.45, 2.75) is 25.3 Å². The number of aryl methyl sites for hydroxylation is 1. The third-order valence-electron chi connectivity index (χ3n) is 4.56. The maximum Gasteiger partial charge on any atom is 0.269 e. The summed E-state index contributed by atoms with van der Waals surface area (Å²) in [5.74, 6) is 0.553. The third-order valence-corrected chi connectivity index (χ3v) is 4.56. The SMILES string of the molecule is CN(C)C(=O)c1ccc(CN2CCCC(c3ccnn3C)C2)[nH]1. The first kappa shape index (κ1) is 15.8. The topological polar surface area (TPSA) is 57.2 Å². The van der Waals surface area contributed by atoms with Gasteiger partial charge >= 0.3 is 0 Å². The van der Waals surface area contributed by atoms with Crippen molar-refractivity contribution in [2.75, 3.05) is 27.2 Å². The van der Waals surface area contributed by atoms with Crippen molar-refractivity contribution in [3.05, 3.63) is 41.5 Å². The number of hydrogen-bond donors (Lipinski definition) is 1. The van der Waals surface area contributed by atoms with Gasteiger partial charge in [0.05, 0.1) is 0 Å². The molecular formula is C17H25N5O. The molecule has 1 saturated heterocycles. The molecule has 0 saturated carbocycles. The highest BCUT2D eigenvalue weighted by atomic mass is 16.2. The van der Waals surface area contributed by atoms with Crippen LogP contribution >= 0.6 is 0 Å². The Morgan fingerprint density at radius 2 is 2.22 bits per heavy atom. The van der Waals surface area contributed by atoms with E-state index < -0.39 is 0 Å². The van der Waals surface area contributed by atoms with Crippen LogP contribution in [0.1, 0.15) is 40.6 Å². The first-order chi connectivity index (χ1) is 11.0. The number of hydrogen-bond acceptors (Lipinski definition) is 3. The van der Waals surface area contributed by atoms with Gasteiger partial charge in [-0.15, -0.1) is 0 Å². The number of amides is 1. The Kier molecular flexibility index (Phi) is 4.52. The molecule has 124 valence electrons. The summed E-state index contributed by atoms with van der Waals surface area (Å²) in [6.45, 7) is 2.99. The fourth-order valence-electron chi connectivity index (χ4n) is 3.36. The molecule has 1 fully saturated rings.